The number of hydrogen-bond acceptors (Lipinski definition) is 4. The van der Waals surface area contributed by atoms with Gasteiger partial charge in [0.1, 0.15) is 22.7 Å². The van der Waals surface area contributed by atoms with Crippen molar-refractivity contribution in [2.75, 3.05) is 0 Å². The zero-order valence-corrected chi connectivity index (χ0v) is 17.0. The number of hydrogen-bond donors (Lipinski definition) is 0. The molecule has 144 valence electrons. The molecule has 3 aromatic heterocycles. The van der Waals surface area contributed by atoms with Crippen molar-refractivity contribution in [1.29, 1.82) is 0 Å². The third-order valence-electron chi connectivity index (χ3n) is 5.60. The summed E-state index contributed by atoms with van der Waals surface area (Å²) in [6, 6.07) is 4.38. The highest BCUT2D eigenvalue weighted by Crippen LogP contribution is 2.25. The number of nitrogens with zero attached hydrogens (tertiary/aromatic N) is 4. The minimum absolute atomic E-state index is 0.00975. The highest BCUT2D eigenvalue weighted by atomic mass is 32.1. The van der Waals surface area contributed by atoms with Crippen LogP contribution in [0.15, 0.2) is 22.3 Å². The highest BCUT2D eigenvalue weighted by Gasteiger charge is 2.29. The summed E-state index contributed by atoms with van der Waals surface area (Å²) in [4.78, 5) is 29.0. The van der Waals surface area contributed by atoms with E-state index in [0.717, 1.165) is 48.1 Å². The minimum atomic E-state index is -0.191. The maximum Gasteiger partial charge on any atom is 0.291 e. The van der Waals surface area contributed by atoms with Gasteiger partial charge in [-0.25, -0.2) is 4.68 Å². The molecule has 27 heavy (non-hydrogen) atoms. The lowest BCUT2D eigenvalue weighted by molar-refractivity contribution is -0.138. The predicted octanol–water partition coefficient (Wildman–Crippen LogP) is 3.45. The Hall–Kier alpha value is -2.15. The number of thiophene rings is 1. The molecule has 0 aromatic carbocycles. The van der Waals surface area contributed by atoms with Crippen LogP contribution in [0.1, 0.15) is 52.3 Å². The first-order valence-corrected chi connectivity index (χ1v) is 10.7. The molecule has 1 saturated heterocycles. The second-order valence-corrected chi connectivity index (χ2v) is 8.50. The van der Waals surface area contributed by atoms with Crippen molar-refractivity contribution in [3.63, 3.8) is 0 Å². The van der Waals surface area contributed by atoms with Gasteiger partial charge in [0, 0.05) is 23.9 Å². The number of amides is 1. The molecule has 7 heteroatoms. The lowest BCUT2D eigenvalue weighted by Gasteiger charge is -2.39. The molecule has 1 amide bonds. The molecule has 1 aliphatic rings. The monoisotopic (exact) mass is 386 g/mol. The molecule has 2 atom stereocenters. The molecular weight excluding hydrogens is 360 g/mol. The van der Waals surface area contributed by atoms with Crippen molar-refractivity contribution in [1.82, 2.24) is 19.1 Å². The zero-order chi connectivity index (χ0) is 19.1. The molecule has 4 heterocycles. The van der Waals surface area contributed by atoms with Crippen molar-refractivity contribution >= 4 is 33.0 Å². The number of carbonyl (C=O) groups is 1. The van der Waals surface area contributed by atoms with Crippen LogP contribution in [-0.2, 0) is 17.8 Å². The maximum atomic E-state index is 13.0. The van der Waals surface area contributed by atoms with Crippen LogP contribution in [-0.4, -0.2) is 37.1 Å². The summed E-state index contributed by atoms with van der Waals surface area (Å²) >= 11 is 1.61. The first-order valence-electron chi connectivity index (χ1n) is 9.81. The van der Waals surface area contributed by atoms with Gasteiger partial charge in [-0.05, 0) is 57.0 Å². The zero-order valence-electron chi connectivity index (χ0n) is 16.1. The summed E-state index contributed by atoms with van der Waals surface area (Å²) in [5, 5.41) is 7.69. The molecule has 0 bridgehead atoms. The fourth-order valence-corrected chi connectivity index (χ4v) is 5.23. The number of aromatic nitrogens is 3. The Kier molecular flexibility index (Phi) is 4.80. The Labute approximate surface area is 162 Å². The van der Waals surface area contributed by atoms with Gasteiger partial charge in [-0.15, -0.1) is 11.3 Å². The molecule has 0 aliphatic carbocycles. The van der Waals surface area contributed by atoms with Crippen molar-refractivity contribution in [3.8, 4) is 0 Å². The van der Waals surface area contributed by atoms with E-state index in [-0.39, 0.29) is 30.1 Å². The van der Waals surface area contributed by atoms with Gasteiger partial charge in [-0.1, -0.05) is 6.92 Å². The van der Waals surface area contributed by atoms with Crippen LogP contribution in [0.5, 0.6) is 0 Å². The van der Waals surface area contributed by atoms with Crippen LogP contribution in [0.25, 0.3) is 15.7 Å². The van der Waals surface area contributed by atoms with Crippen molar-refractivity contribution in [2.45, 2.75) is 71.5 Å². The van der Waals surface area contributed by atoms with Gasteiger partial charge in [-0.3, -0.25) is 14.0 Å². The van der Waals surface area contributed by atoms with Crippen LogP contribution in [0, 0.1) is 0 Å². The van der Waals surface area contributed by atoms with Crippen LogP contribution < -0.4 is 5.56 Å². The predicted molar refractivity (Wildman–Crippen MR) is 108 cm³/mol. The minimum Gasteiger partial charge on any atom is -0.336 e. The number of rotatable bonds is 4. The average molecular weight is 387 g/mol. The maximum absolute atomic E-state index is 13.0. The molecule has 0 spiro atoms. The Morgan fingerprint density at radius 3 is 2.74 bits per heavy atom. The molecule has 1 aliphatic heterocycles. The van der Waals surface area contributed by atoms with Gasteiger partial charge in [0.2, 0.25) is 5.91 Å². The summed E-state index contributed by atoms with van der Waals surface area (Å²) in [6.07, 6.45) is 4.89. The number of carbonyl (C=O) groups excluding carboxylic acids is 1. The third-order valence-corrected chi connectivity index (χ3v) is 6.51. The normalized spacial score (nSPS) is 20.6. The molecule has 0 unspecified atom stereocenters. The van der Waals surface area contributed by atoms with E-state index in [0.29, 0.717) is 5.52 Å². The van der Waals surface area contributed by atoms with Gasteiger partial charge in [0.05, 0.1) is 0 Å². The van der Waals surface area contributed by atoms with E-state index in [9.17, 15) is 9.59 Å². The van der Waals surface area contributed by atoms with E-state index in [4.69, 9.17) is 0 Å². The molecule has 3 aromatic rings. The standard InChI is InChI=1S/C20H26N4O2S/c1-4-6-17-21-22(12-18(25)23-13(2)7-5-8-14(23)3)19(26)16-11-15-9-10-27-20(15)24(16)17/h9-11,13-14H,4-8,12H2,1-3H3/t13-,14-/m0/s1. The van der Waals surface area contributed by atoms with E-state index >= 15 is 0 Å². The Morgan fingerprint density at radius 1 is 1.30 bits per heavy atom. The fraction of sp³-hybridized carbons (Fsp3) is 0.550. The first-order chi connectivity index (χ1) is 13.0. The van der Waals surface area contributed by atoms with E-state index in [1.807, 2.05) is 26.8 Å². The Bertz CT molecular complexity index is 1040. The molecule has 0 N–H and O–H groups in total. The topological polar surface area (TPSA) is 59.6 Å². The van der Waals surface area contributed by atoms with E-state index in [1.165, 1.54) is 4.68 Å². The largest absolute Gasteiger partial charge is 0.336 e. The van der Waals surface area contributed by atoms with Crippen molar-refractivity contribution < 1.29 is 4.79 Å². The summed E-state index contributed by atoms with van der Waals surface area (Å²) < 4.78 is 3.35. The lowest BCUT2D eigenvalue weighted by atomic mass is 9.97. The second kappa shape index (κ2) is 7.11. The summed E-state index contributed by atoms with van der Waals surface area (Å²) in [5.41, 5.74) is 0.423. The summed E-state index contributed by atoms with van der Waals surface area (Å²) in [5.74, 6) is 0.835. The van der Waals surface area contributed by atoms with Crippen molar-refractivity contribution in [2.24, 2.45) is 0 Å². The number of aryl methyl sites for hydroxylation is 1. The molecular formula is C20H26N4O2S. The molecule has 6 nitrogen and oxygen atoms in total. The van der Waals surface area contributed by atoms with Crippen LogP contribution in [0.4, 0.5) is 0 Å². The van der Waals surface area contributed by atoms with Crippen LogP contribution >= 0.6 is 11.3 Å². The lowest BCUT2D eigenvalue weighted by Crippen LogP contribution is -2.49. The number of likely N-dealkylation sites (tertiary alicyclic amines) is 1. The quantitative estimate of drug-likeness (QED) is 0.690. The number of fused-ring (bicyclic) bond motifs is 3. The van der Waals surface area contributed by atoms with E-state index in [1.54, 1.807) is 11.3 Å². The van der Waals surface area contributed by atoms with Gasteiger partial charge in [0.15, 0.2) is 0 Å². The molecule has 0 saturated carbocycles. The van der Waals surface area contributed by atoms with Gasteiger partial charge < -0.3 is 4.90 Å². The van der Waals surface area contributed by atoms with Gasteiger partial charge >= 0.3 is 0 Å². The Morgan fingerprint density at radius 2 is 2.04 bits per heavy atom. The SMILES string of the molecule is CCCc1nn(CC(=O)N2[C@@H](C)CCC[C@@H]2C)c(=O)c2cc3ccsc3n12. The smallest absolute Gasteiger partial charge is 0.291 e. The highest BCUT2D eigenvalue weighted by molar-refractivity contribution is 7.16. The fourth-order valence-electron chi connectivity index (χ4n) is 4.31. The third kappa shape index (κ3) is 3.08. The molecule has 4 rings (SSSR count). The number of piperidine rings is 1. The second-order valence-electron chi connectivity index (χ2n) is 7.61. The first kappa shape index (κ1) is 18.2. The molecule has 0 radical (unpaired) electrons. The summed E-state index contributed by atoms with van der Waals surface area (Å²) in [6.45, 7) is 6.30. The van der Waals surface area contributed by atoms with Crippen LogP contribution in [0.3, 0.4) is 0 Å². The molecule has 1 fully saturated rings. The van der Waals surface area contributed by atoms with E-state index < -0.39 is 0 Å². The van der Waals surface area contributed by atoms with Crippen molar-refractivity contribution in [3.05, 3.63) is 33.7 Å². The average Bonchev–Trinajstić information content (AvgIpc) is 3.20. The van der Waals surface area contributed by atoms with Crippen LogP contribution in [0.2, 0.25) is 0 Å². The van der Waals surface area contributed by atoms with E-state index in [2.05, 4.69) is 25.9 Å². The summed E-state index contributed by atoms with van der Waals surface area (Å²) in [7, 11) is 0. The van der Waals surface area contributed by atoms with Gasteiger partial charge in [0.25, 0.3) is 5.56 Å². The Balaban J connectivity index is 1.76. The van der Waals surface area contributed by atoms with Gasteiger partial charge in [-0.2, -0.15) is 5.10 Å².